The van der Waals surface area contributed by atoms with E-state index in [1.165, 1.54) is 11.3 Å². The van der Waals surface area contributed by atoms with Crippen molar-refractivity contribution >= 4 is 23.1 Å². The molecule has 6 nitrogen and oxygen atoms in total. The number of thiophene rings is 1. The van der Waals surface area contributed by atoms with E-state index in [4.69, 9.17) is 0 Å². The standard InChI is InChI=1S/C21H23N5OS/c27-21(26-10-8-25(9-11-26)19-3-1-2-7-22-19)15-4-5-18-17(13-15)20(24-23-18)16-6-12-28-14-16/h1-3,6-7,12,14-15H,4-5,8-11,13H2,(H,23,24)/t15-/m1/s1. The lowest BCUT2D eigenvalue weighted by molar-refractivity contribution is -0.136. The monoisotopic (exact) mass is 393 g/mol. The highest BCUT2D eigenvalue weighted by Gasteiger charge is 2.32. The molecule has 0 spiro atoms. The van der Waals surface area contributed by atoms with Crippen molar-refractivity contribution in [2.75, 3.05) is 31.1 Å². The van der Waals surface area contributed by atoms with Gasteiger partial charge in [0.1, 0.15) is 5.82 Å². The van der Waals surface area contributed by atoms with Gasteiger partial charge in [0.15, 0.2) is 0 Å². The molecule has 0 bridgehead atoms. The number of H-pyrrole nitrogens is 1. The van der Waals surface area contributed by atoms with Crippen molar-refractivity contribution in [1.82, 2.24) is 20.1 Å². The number of piperazine rings is 1. The number of pyridine rings is 1. The van der Waals surface area contributed by atoms with Crippen LogP contribution in [0.2, 0.25) is 0 Å². The molecule has 0 aromatic carbocycles. The number of hydrogen-bond acceptors (Lipinski definition) is 5. The second kappa shape index (κ2) is 7.39. The molecular weight excluding hydrogens is 370 g/mol. The van der Waals surface area contributed by atoms with Crippen LogP contribution in [0.15, 0.2) is 41.2 Å². The minimum Gasteiger partial charge on any atom is -0.353 e. The maximum Gasteiger partial charge on any atom is 0.226 e. The number of hydrogen-bond donors (Lipinski definition) is 1. The molecule has 3 aromatic heterocycles. The van der Waals surface area contributed by atoms with Gasteiger partial charge in [-0.05, 0) is 42.8 Å². The van der Waals surface area contributed by atoms with Gasteiger partial charge < -0.3 is 9.80 Å². The van der Waals surface area contributed by atoms with E-state index in [0.717, 1.165) is 62.5 Å². The summed E-state index contributed by atoms with van der Waals surface area (Å²) in [4.78, 5) is 21.9. The Morgan fingerprint density at radius 1 is 1.18 bits per heavy atom. The van der Waals surface area contributed by atoms with Crippen LogP contribution < -0.4 is 4.90 Å². The second-order valence-corrected chi connectivity index (χ2v) is 8.26. The third-order valence-electron chi connectivity index (χ3n) is 5.85. The molecule has 1 saturated heterocycles. The van der Waals surface area contributed by atoms with E-state index in [9.17, 15) is 4.79 Å². The number of nitrogens with one attached hydrogen (secondary N) is 1. The Bertz CT molecular complexity index is 945. The van der Waals surface area contributed by atoms with Crippen molar-refractivity contribution in [2.45, 2.75) is 19.3 Å². The molecule has 1 amide bonds. The molecule has 28 heavy (non-hydrogen) atoms. The van der Waals surface area contributed by atoms with Crippen molar-refractivity contribution in [3.05, 3.63) is 52.5 Å². The van der Waals surface area contributed by atoms with Crippen LogP contribution in [0, 0.1) is 5.92 Å². The molecule has 0 unspecified atom stereocenters. The highest BCUT2D eigenvalue weighted by molar-refractivity contribution is 7.08. The molecule has 2 aliphatic rings. The quantitative estimate of drug-likeness (QED) is 0.743. The van der Waals surface area contributed by atoms with Gasteiger partial charge in [-0.15, -0.1) is 0 Å². The largest absolute Gasteiger partial charge is 0.353 e. The van der Waals surface area contributed by atoms with E-state index in [-0.39, 0.29) is 5.92 Å². The van der Waals surface area contributed by atoms with Gasteiger partial charge in [-0.2, -0.15) is 16.4 Å². The van der Waals surface area contributed by atoms with E-state index >= 15 is 0 Å². The minimum atomic E-state index is 0.0592. The Labute approximate surface area is 168 Å². The van der Waals surface area contributed by atoms with Crippen LogP contribution in [0.4, 0.5) is 5.82 Å². The summed E-state index contributed by atoms with van der Waals surface area (Å²) < 4.78 is 0. The van der Waals surface area contributed by atoms with E-state index in [0.29, 0.717) is 5.91 Å². The van der Waals surface area contributed by atoms with Crippen molar-refractivity contribution in [3.8, 4) is 11.3 Å². The Hall–Kier alpha value is -2.67. The Morgan fingerprint density at radius 2 is 2.07 bits per heavy atom. The number of aromatic nitrogens is 3. The molecule has 0 radical (unpaired) electrons. The summed E-state index contributed by atoms with van der Waals surface area (Å²) in [5.41, 5.74) is 4.61. The molecule has 0 saturated carbocycles. The smallest absolute Gasteiger partial charge is 0.226 e. The zero-order valence-electron chi connectivity index (χ0n) is 15.7. The Kier molecular flexibility index (Phi) is 4.60. The van der Waals surface area contributed by atoms with Crippen LogP contribution >= 0.6 is 11.3 Å². The van der Waals surface area contributed by atoms with Gasteiger partial charge in [0.2, 0.25) is 5.91 Å². The van der Waals surface area contributed by atoms with Crippen molar-refractivity contribution in [1.29, 1.82) is 0 Å². The average molecular weight is 394 g/mol. The molecule has 1 atom stereocenters. The highest BCUT2D eigenvalue weighted by Crippen LogP contribution is 2.33. The fourth-order valence-corrected chi connectivity index (χ4v) is 4.94. The molecule has 1 N–H and O–H groups in total. The zero-order chi connectivity index (χ0) is 18.9. The first-order valence-electron chi connectivity index (χ1n) is 9.83. The predicted octanol–water partition coefficient (Wildman–Crippen LogP) is 2.99. The maximum atomic E-state index is 13.2. The highest BCUT2D eigenvalue weighted by atomic mass is 32.1. The van der Waals surface area contributed by atoms with Crippen LogP contribution in [0.25, 0.3) is 11.3 Å². The SMILES string of the molecule is O=C([C@@H]1CCc2[nH]nc(-c3ccsc3)c2C1)N1CCN(c2ccccn2)CC1. The van der Waals surface area contributed by atoms with Gasteiger partial charge in [0.05, 0.1) is 5.69 Å². The summed E-state index contributed by atoms with van der Waals surface area (Å²) in [6, 6.07) is 8.07. The third-order valence-corrected chi connectivity index (χ3v) is 6.54. The Morgan fingerprint density at radius 3 is 2.82 bits per heavy atom. The van der Waals surface area contributed by atoms with E-state index in [1.54, 1.807) is 11.3 Å². The van der Waals surface area contributed by atoms with E-state index in [2.05, 4.69) is 36.9 Å². The molecule has 1 aliphatic carbocycles. The van der Waals surface area contributed by atoms with Crippen LogP contribution in [-0.4, -0.2) is 52.2 Å². The molecule has 1 fully saturated rings. The van der Waals surface area contributed by atoms with Gasteiger partial charge in [0, 0.05) is 60.5 Å². The lowest BCUT2D eigenvalue weighted by Gasteiger charge is -2.37. The molecular formula is C21H23N5OS. The van der Waals surface area contributed by atoms with Crippen LogP contribution in [0.5, 0.6) is 0 Å². The molecule has 5 rings (SSSR count). The number of aromatic amines is 1. The first-order valence-corrected chi connectivity index (χ1v) is 10.8. The molecule has 3 aromatic rings. The van der Waals surface area contributed by atoms with Gasteiger partial charge in [0.25, 0.3) is 0 Å². The van der Waals surface area contributed by atoms with Crippen molar-refractivity contribution < 1.29 is 4.79 Å². The molecule has 7 heteroatoms. The number of amides is 1. The van der Waals surface area contributed by atoms with Crippen LogP contribution in [0.3, 0.4) is 0 Å². The lowest BCUT2D eigenvalue weighted by Crippen LogP contribution is -2.51. The summed E-state index contributed by atoms with van der Waals surface area (Å²) in [5, 5.41) is 11.9. The first kappa shape index (κ1) is 17.4. The lowest BCUT2D eigenvalue weighted by atomic mass is 9.84. The first-order chi connectivity index (χ1) is 13.8. The number of anilines is 1. The van der Waals surface area contributed by atoms with E-state index < -0.39 is 0 Å². The normalized spacial score (nSPS) is 19.5. The number of carbonyl (C=O) groups is 1. The van der Waals surface area contributed by atoms with Crippen molar-refractivity contribution in [3.63, 3.8) is 0 Å². The fourth-order valence-electron chi connectivity index (χ4n) is 4.30. The summed E-state index contributed by atoms with van der Waals surface area (Å²) >= 11 is 1.68. The minimum absolute atomic E-state index is 0.0592. The number of aryl methyl sites for hydroxylation is 1. The van der Waals surface area contributed by atoms with Gasteiger partial charge >= 0.3 is 0 Å². The second-order valence-electron chi connectivity index (χ2n) is 7.48. The van der Waals surface area contributed by atoms with Gasteiger partial charge in [-0.3, -0.25) is 9.89 Å². The van der Waals surface area contributed by atoms with E-state index in [1.807, 2.05) is 29.3 Å². The topological polar surface area (TPSA) is 65.1 Å². The number of fused-ring (bicyclic) bond motifs is 1. The van der Waals surface area contributed by atoms with Crippen LogP contribution in [-0.2, 0) is 17.6 Å². The number of carbonyl (C=O) groups excluding carboxylic acids is 1. The zero-order valence-corrected chi connectivity index (χ0v) is 16.5. The maximum absolute atomic E-state index is 13.2. The molecule has 1 aliphatic heterocycles. The molecule has 4 heterocycles. The fraction of sp³-hybridized carbons (Fsp3) is 0.381. The van der Waals surface area contributed by atoms with Gasteiger partial charge in [-0.25, -0.2) is 4.98 Å². The Balaban J connectivity index is 1.26. The summed E-state index contributed by atoms with van der Waals surface area (Å²) in [5.74, 6) is 1.35. The van der Waals surface area contributed by atoms with Gasteiger partial charge in [-0.1, -0.05) is 6.07 Å². The summed E-state index contributed by atoms with van der Waals surface area (Å²) in [7, 11) is 0. The predicted molar refractivity (Wildman–Crippen MR) is 110 cm³/mol. The van der Waals surface area contributed by atoms with Crippen LogP contribution in [0.1, 0.15) is 17.7 Å². The van der Waals surface area contributed by atoms with Crippen molar-refractivity contribution in [2.24, 2.45) is 5.92 Å². The summed E-state index contributed by atoms with van der Waals surface area (Å²) in [6.07, 6.45) is 4.41. The third kappa shape index (κ3) is 3.20. The summed E-state index contributed by atoms with van der Waals surface area (Å²) in [6.45, 7) is 3.21. The average Bonchev–Trinajstić information content (AvgIpc) is 3.43. The number of nitrogens with zero attached hydrogens (tertiary/aromatic N) is 4. The number of rotatable bonds is 3. The molecule has 144 valence electrons.